The fourth-order valence-electron chi connectivity index (χ4n) is 9.93. The molecule has 5 heteroatoms. The number of benzene rings is 9. The van der Waals surface area contributed by atoms with Crippen molar-refractivity contribution < 1.29 is 0 Å². The molecule has 1 aliphatic rings. The van der Waals surface area contributed by atoms with Gasteiger partial charge in [-0.3, -0.25) is 4.57 Å². The Morgan fingerprint density at radius 1 is 0.424 bits per heavy atom. The zero-order chi connectivity index (χ0) is 38.6. The van der Waals surface area contributed by atoms with E-state index in [4.69, 9.17) is 4.99 Å². The van der Waals surface area contributed by atoms with Crippen LogP contribution in [-0.2, 0) is 0 Å². The van der Waals surface area contributed by atoms with Gasteiger partial charge in [0, 0.05) is 55.5 Å². The molecule has 4 heterocycles. The maximum atomic E-state index is 5.51. The van der Waals surface area contributed by atoms with E-state index in [0.717, 1.165) is 45.1 Å². The van der Waals surface area contributed by atoms with E-state index < -0.39 is 0 Å². The standard InChI is InChI=1S/C54H35N5/c1-3-15-36(16-4-1)57-30-29-34-31-45-50(33-49(34)57)59(53-42-23-10-8-20-39(42)38-19-7-9-22-41(38)51(45)53)54-55-46-25-13-11-24-43(46)52(56-54)35-27-28-48-44(32-35)40-21-12-14-26-47(40)58(48)37-17-5-2-6-18-37/h1-33,52H,(H,55,56). The Hall–Kier alpha value is -7.89. The predicted octanol–water partition coefficient (Wildman–Crippen LogP) is 13.4. The van der Waals surface area contributed by atoms with Gasteiger partial charge in [0.15, 0.2) is 0 Å². The van der Waals surface area contributed by atoms with Gasteiger partial charge >= 0.3 is 0 Å². The van der Waals surface area contributed by atoms with Crippen LogP contribution in [0.25, 0.3) is 87.4 Å². The van der Waals surface area contributed by atoms with Gasteiger partial charge in [-0.1, -0.05) is 127 Å². The minimum atomic E-state index is -0.155. The Bertz CT molecular complexity index is 3700. The SMILES string of the molecule is c1ccc(-n2ccc3cc4c5c6ccccc6c6ccccc6c5n(C5=Nc6ccccc6C(c6ccc7c(c6)c6ccccc6n7-c6ccccc6)N5)c4cc32)cc1. The number of aliphatic imine (C=N–C) groups is 1. The van der Waals surface area contributed by atoms with Gasteiger partial charge in [-0.05, 0) is 88.5 Å². The first-order valence-electron chi connectivity index (χ1n) is 20.3. The van der Waals surface area contributed by atoms with E-state index in [1.165, 1.54) is 65.1 Å². The lowest BCUT2D eigenvalue weighted by Gasteiger charge is -2.29. The van der Waals surface area contributed by atoms with E-state index in [0.29, 0.717) is 0 Å². The summed E-state index contributed by atoms with van der Waals surface area (Å²) in [5, 5.41) is 15.1. The van der Waals surface area contributed by atoms with Crippen molar-refractivity contribution in [2.24, 2.45) is 4.99 Å². The monoisotopic (exact) mass is 753 g/mol. The van der Waals surface area contributed by atoms with Crippen molar-refractivity contribution in [3.8, 4) is 11.4 Å². The molecule has 0 radical (unpaired) electrons. The van der Waals surface area contributed by atoms with Crippen LogP contribution in [0, 0.1) is 0 Å². The summed E-state index contributed by atoms with van der Waals surface area (Å²) >= 11 is 0. The van der Waals surface area contributed by atoms with Crippen molar-refractivity contribution in [3.63, 3.8) is 0 Å². The molecule has 12 aromatic rings. The summed E-state index contributed by atoms with van der Waals surface area (Å²) in [7, 11) is 0. The Labute approximate surface area is 339 Å². The number of nitrogens with one attached hydrogen (secondary N) is 1. The highest BCUT2D eigenvalue weighted by Crippen LogP contribution is 2.44. The lowest BCUT2D eigenvalue weighted by molar-refractivity contribution is 0.732. The van der Waals surface area contributed by atoms with Crippen LogP contribution in [0.1, 0.15) is 17.2 Å². The number of hydrogen-bond donors (Lipinski definition) is 1. The van der Waals surface area contributed by atoms with Crippen molar-refractivity contribution in [1.82, 2.24) is 19.0 Å². The summed E-state index contributed by atoms with van der Waals surface area (Å²) in [4.78, 5) is 5.51. The molecule has 1 atom stereocenters. The molecular formula is C54H35N5. The smallest absolute Gasteiger partial charge is 0.209 e. The molecule has 276 valence electrons. The molecule has 0 bridgehead atoms. The Morgan fingerprint density at radius 2 is 1.07 bits per heavy atom. The zero-order valence-electron chi connectivity index (χ0n) is 31.9. The van der Waals surface area contributed by atoms with Gasteiger partial charge in [-0.25, -0.2) is 4.99 Å². The molecule has 1 aliphatic heterocycles. The minimum absolute atomic E-state index is 0.155. The van der Waals surface area contributed by atoms with Crippen LogP contribution >= 0.6 is 0 Å². The van der Waals surface area contributed by atoms with Crippen molar-refractivity contribution in [2.75, 3.05) is 0 Å². The van der Waals surface area contributed by atoms with Crippen molar-refractivity contribution >= 4 is 87.7 Å². The molecular weight excluding hydrogens is 719 g/mol. The van der Waals surface area contributed by atoms with E-state index in [-0.39, 0.29) is 6.04 Å². The maximum absolute atomic E-state index is 5.51. The zero-order valence-corrected chi connectivity index (χ0v) is 31.9. The van der Waals surface area contributed by atoms with E-state index in [1.807, 2.05) is 0 Å². The third-order valence-corrected chi connectivity index (χ3v) is 12.5. The molecule has 0 amide bonds. The van der Waals surface area contributed by atoms with Crippen LogP contribution in [0.3, 0.4) is 0 Å². The Morgan fingerprint density at radius 3 is 1.88 bits per heavy atom. The lowest BCUT2D eigenvalue weighted by Crippen LogP contribution is -2.36. The first kappa shape index (κ1) is 32.2. The van der Waals surface area contributed by atoms with Crippen molar-refractivity contribution in [1.29, 1.82) is 0 Å². The topological polar surface area (TPSA) is 39.2 Å². The third-order valence-electron chi connectivity index (χ3n) is 12.5. The van der Waals surface area contributed by atoms with Gasteiger partial charge in [-0.15, -0.1) is 0 Å². The molecule has 13 rings (SSSR count). The molecule has 0 spiro atoms. The fraction of sp³-hybridized carbons (Fsp3) is 0.0185. The summed E-state index contributed by atoms with van der Waals surface area (Å²) < 4.78 is 7.08. The fourth-order valence-corrected chi connectivity index (χ4v) is 9.93. The molecule has 9 aromatic carbocycles. The average Bonchev–Trinajstić information content (AvgIpc) is 3.98. The summed E-state index contributed by atoms with van der Waals surface area (Å²) in [6, 6.07) is 70.1. The second kappa shape index (κ2) is 12.3. The number of para-hydroxylation sites is 4. The molecule has 59 heavy (non-hydrogen) atoms. The highest BCUT2D eigenvalue weighted by Gasteiger charge is 2.29. The molecule has 0 aliphatic carbocycles. The van der Waals surface area contributed by atoms with E-state index in [9.17, 15) is 0 Å². The number of rotatable bonds is 3. The highest BCUT2D eigenvalue weighted by atomic mass is 15.2. The number of nitrogens with zero attached hydrogens (tertiary/aromatic N) is 4. The minimum Gasteiger partial charge on any atom is -0.344 e. The largest absolute Gasteiger partial charge is 0.344 e. The van der Waals surface area contributed by atoms with Crippen molar-refractivity contribution in [2.45, 2.75) is 6.04 Å². The molecule has 0 saturated heterocycles. The van der Waals surface area contributed by atoms with Crippen LogP contribution in [0.4, 0.5) is 5.69 Å². The summed E-state index contributed by atoms with van der Waals surface area (Å²) in [5.41, 5.74) is 11.4. The highest BCUT2D eigenvalue weighted by molar-refractivity contribution is 6.34. The van der Waals surface area contributed by atoms with Crippen LogP contribution < -0.4 is 5.32 Å². The average molecular weight is 754 g/mol. The van der Waals surface area contributed by atoms with Gasteiger partial charge < -0.3 is 14.5 Å². The van der Waals surface area contributed by atoms with Crippen molar-refractivity contribution in [3.05, 3.63) is 211 Å². The maximum Gasteiger partial charge on any atom is 0.209 e. The van der Waals surface area contributed by atoms with Crippen LogP contribution in [0.2, 0.25) is 0 Å². The number of aromatic nitrogens is 3. The van der Waals surface area contributed by atoms with Crippen LogP contribution in [0.15, 0.2) is 205 Å². The molecule has 3 aromatic heterocycles. The number of fused-ring (bicyclic) bond motifs is 13. The third kappa shape index (κ3) is 4.64. The van der Waals surface area contributed by atoms with E-state index in [1.54, 1.807) is 0 Å². The van der Waals surface area contributed by atoms with Gasteiger partial charge in [-0.2, -0.15) is 0 Å². The first-order valence-corrected chi connectivity index (χ1v) is 20.3. The summed E-state index contributed by atoms with van der Waals surface area (Å²) in [6.45, 7) is 0. The number of hydrogen-bond acceptors (Lipinski definition) is 2. The predicted molar refractivity (Wildman–Crippen MR) is 246 cm³/mol. The molecule has 0 fully saturated rings. The van der Waals surface area contributed by atoms with Gasteiger partial charge in [0.05, 0.1) is 39.3 Å². The summed E-state index contributed by atoms with van der Waals surface area (Å²) in [5.74, 6) is 0.804. The molecule has 5 nitrogen and oxygen atoms in total. The molecule has 1 N–H and O–H groups in total. The quantitative estimate of drug-likeness (QED) is 0.179. The van der Waals surface area contributed by atoms with E-state index >= 15 is 0 Å². The Kier molecular flexibility index (Phi) is 6.72. The van der Waals surface area contributed by atoms with Crippen LogP contribution in [0.5, 0.6) is 0 Å². The molecule has 0 saturated carbocycles. The lowest BCUT2D eigenvalue weighted by atomic mass is 9.94. The van der Waals surface area contributed by atoms with Crippen LogP contribution in [-0.4, -0.2) is 19.7 Å². The summed E-state index contributed by atoms with van der Waals surface area (Å²) in [6.07, 6.45) is 2.19. The van der Waals surface area contributed by atoms with E-state index in [2.05, 4.69) is 219 Å². The second-order valence-electron chi connectivity index (χ2n) is 15.6. The van der Waals surface area contributed by atoms with Gasteiger partial charge in [0.25, 0.3) is 0 Å². The van der Waals surface area contributed by atoms with Gasteiger partial charge in [0.1, 0.15) is 0 Å². The van der Waals surface area contributed by atoms with Gasteiger partial charge in [0.2, 0.25) is 5.96 Å². The first-order chi connectivity index (χ1) is 29.3. The Balaban J connectivity index is 1.09. The second-order valence-corrected chi connectivity index (χ2v) is 15.6. The molecule has 1 unspecified atom stereocenters. The normalized spacial score (nSPS) is 14.2.